The Bertz CT molecular complexity index is 869. The predicted molar refractivity (Wildman–Crippen MR) is 96.1 cm³/mol. The van der Waals surface area contributed by atoms with Crippen molar-refractivity contribution in [3.63, 3.8) is 0 Å². The minimum atomic E-state index is -0.705. The molecule has 9 heteroatoms. The van der Waals surface area contributed by atoms with Gasteiger partial charge in [0.05, 0.1) is 6.07 Å². The lowest BCUT2D eigenvalue weighted by molar-refractivity contribution is -0.402. The fraction of sp³-hybridized carbons (Fsp3) is 0.278. The number of nitrogens with zero attached hydrogens (tertiary/aromatic N) is 2. The first-order chi connectivity index (χ1) is 13.0. The predicted octanol–water partition coefficient (Wildman–Crippen LogP) is 1.89. The molecule has 27 heavy (non-hydrogen) atoms. The smallest absolute Gasteiger partial charge is 0.395 e. The molecule has 0 saturated heterocycles. The highest BCUT2D eigenvalue weighted by atomic mass is 16.6. The summed E-state index contributed by atoms with van der Waals surface area (Å²) in [5.41, 5.74) is 0.859. The summed E-state index contributed by atoms with van der Waals surface area (Å²) in [7, 11) is 0. The number of amides is 2. The second-order valence-corrected chi connectivity index (χ2v) is 5.54. The number of carbonyl (C=O) groups excluding carboxylic acids is 2. The van der Waals surface area contributed by atoms with E-state index in [0.29, 0.717) is 25.1 Å². The standard InChI is InChI=1S/C18H18N4O5/c1-2-13-8-11-19-14(12-13)17(23)20-9-4-3-5-10-21-18(24)15-6-7-16(27-15)22(25)26/h1,6-8,11-12H,3-5,9-10H2,(H,20,23)(H,21,24). The van der Waals surface area contributed by atoms with Crippen LogP contribution in [0.3, 0.4) is 0 Å². The molecule has 2 N–H and O–H groups in total. The third-order valence-electron chi connectivity index (χ3n) is 3.58. The maximum Gasteiger partial charge on any atom is 0.433 e. The number of aromatic nitrogens is 1. The van der Waals surface area contributed by atoms with E-state index in [1.165, 1.54) is 12.3 Å². The van der Waals surface area contributed by atoms with Gasteiger partial charge in [0.1, 0.15) is 10.6 Å². The van der Waals surface area contributed by atoms with Gasteiger partial charge in [-0.15, -0.1) is 6.42 Å². The van der Waals surface area contributed by atoms with Gasteiger partial charge in [0.2, 0.25) is 0 Å². The molecule has 0 radical (unpaired) electrons. The number of unbranched alkanes of at least 4 members (excludes halogenated alkanes) is 2. The van der Waals surface area contributed by atoms with Gasteiger partial charge in [-0.1, -0.05) is 5.92 Å². The van der Waals surface area contributed by atoms with Crippen molar-refractivity contribution in [1.82, 2.24) is 15.6 Å². The van der Waals surface area contributed by atoms with Crippen LogP contribution in [-0.2, 0) is 0 Å². The van der Waals surface area contributed by atoms with Gasteiger partial charge in [0.15, 0.2) is 5.76 Å². The van der Waals surface area contributed by atoms with Crippen molar-refractivity contribution in [3.05, 3.63) is 57.6 Å². The molecular formula is C18H18N4O5. The van der Waals surface area contributed by atoms with E-state index in [0.717, 1.165) is 18.9 Å². The zero-order valence-electron chi connectivity index (χ0n) is 14.4. The topological polar surface area (TPSA) is 127 Å². The minimum Gasteiger partial charge on any atom is -0.395 e. The van der Waals surface area contributed by atoms with Crippen LogP contribution in [0.2, 0.25) is 0 Å². The van der Waals surface area contributed by atoms with E-state index >= 15 is 0 Å². The monoisotopic (exact) mass is 370 g/mol. The molecular weight excluding hydrogens is 352 g/mol. The molecule has 0 unspecified atom stereocenters. The Labute approximate surface area is 155 Å². The molecule has 9 nitrogen and oxygen atoms in total. The van der Waals surface area contributed by atoms with Crippen LogP contribution in [0.25, 0.3) is 0 Å². The molecule has 0 bridgehead atoms. The first-order valence-corrected chi connectivity index (χ1v) is 8.24. The van der Waals surface area contributed by atoms with Gasteiger partial charge in [-0.25, -0.2) is 0 Å². The van der Waals surface area contributed by atoms with E-state index in [2.05, 4.69) is 21.5 Å². The second-order valence-electron chi connectivity index (χ2n) is 5.54. The number of nitro groups is 1. The average Bonchev–Trinajstić information content (AvgIpc) is 3.17. The Morgan fingerprint density at radius 1 is 1.15 bits per heavy atom. The van der Waals surface area contributed by atoms with Crippen LogP contribution in [0.4, 0.5) is 5.88 Å². The van der Waals surface area contributed by atoms with Crippen LogP contribution >= 0.6 is 0 Å². The molecule has 2 heterocycles. The maximum atomic E-state index is 11.9. The fourth-order valence-electron chi connectivity index (χ4n) is 2.20. The number of furan rings is 1. The van der Waals surface area contributed by atoms with Gasteiger partial charge >= 0.3 is 5.88 Å². The minimum absolute atomic E-state index is 0.101. The summed E-state index contributed by atoms with van der Waals surface area (Å²) in [6.45, 7) is 0.867. The summed E-state index contributed by atoms with van der Waals surface area (Å²) in [5, 5.41) is 15.9. The molecule has 0 spiro atoms. The van der Waals surface area contributed by atoms with Crippen LogP contribution in [0.1, 0.15) is 45.9 Å². The summed E-state index contributed by atoms with van der Waals surface area (Å²) in [6, 6.07) is 5.58. The molecule has 2 aromatic rings. The molecule has 0 aromatic carbocycles. The lowest BCUT2D eigenvalue weighted by Gasteiger charge is -2.06. The highest BCUT2D eigenvalue weighted by molar-refractivity contribution is 5.92. The van der Waals surface area contributed by atoms with E-state index < -0.39 is 16.7 Å². The van der Waals surface area contributed by atoms with Crippen molar-refractivity contribution < 1.29 is 18.9 Å². The van der Waals surface area contributed by atoms with Crippen molar-refractivity contribution in [2.75, 3.05) is 13.1 Å². The van der Waals surface area contributed by atoms with E-state index in [4.69, 9.17) is 10.8 Å². The van der Waals surface area contributed by atoms with Crippen molar-refractivity contribution in [2.45, 2.75) is 19.3 Å². The van der Waals surface area contributed by atoms with Crippen LogP contribution in [0, 0.1) is 22.5 Å². The molecule has 2 rings (SSSR count). The first kappa shape index (κ1) is 19.7. The van der Waals surface area contributed by atoms with E-state index in [1.54, 1.807) is 12.1 Å². The Morgan fingerprint density at radius 2 is 1.85 bits per heavy atom. The van der Waals surface area contributed by atoms with Crippen molar-refractivity contribution in [2.24, 2.45) is 0 Å². The van der Waals surface area contributed by atoms with Gasteiger partial charge in [0, 0.05) is 24.8 Å². The zero-order chi connectivity index (χ0) is 19.6. The highest BCUT2D eigenvalue weighted by Crippen LogP contribution is 2.15. The van der Waals surface area contributed by atoms with Crippen molar-refractivity contribution >= 4 is 17.7 Å². The van der Waals surface area contributed by atoms with Gasteiger partial charge < -0.3 is 15.1 Å². The molecule has 2 aromatic heterocycles. The first-order valence-electron chi connectivity index (χ1n) is 8.24. The molecule has 0 fully saturated rings. The summed E-state index contributed by atoms with van der Waals surface area (Å²) < 4.78 is 4.81. The Morgan fingerprint density at radius 3 is 2.48 bits per heavy atom. The second kappa shape index (κ2) is 9.72. The number of nitrogens with one attached hydrogen (secondary N) is 2. The summed E-state index contributed by atoms with van der Waals surface area (Å²) >= 11 is 0. The lowest BCUT2D eigenvalue weighted by atomic mass is 10.2. The average molecular weight is 370 g/mol. The Kier molecular flexibility index (Phi) is 7.07. The third kappa shape index (κ3) is 5.97. The van der Waals surface area contributed by atoms with E-state index in [1.807, 2.05) is 0 Å². The third-order valence-corrected chi connectivity index (χ3v) is 3.58. The summed E-state index contributed by atoms with van der Waals surface area (Å²) in [6.07, 6.45) is 8.96. The highest BCUT2D eigenvalue weighted by Gasteiger charge is 2.16. The number of hydrogen-bond donors (Lipinski definition) is 2. The maximum absolute atomic E-state index is 11.9. The zero-order valence-corrected chi connectivity index (χ0v) is 14.4. The van der Waals surface area contributed by atoms with Gasteiger partial charge in [0.25, 0.3) is 11.8 Å². The molecule has 0 saturated carbocycles. The molecule has 140 valence electrons. The summed E-state index contributed by atoms with van der Waals surface area (Å²) in [5.74, 6) is 1.08. The number of carbonyl (C=O) groups is 2. The molecule has 0 aliphatic carbocycles. The SMILES string of the molecule is C#Cc1ccnc(C(=O)NCCCCCNC(=O)c2ccc([N+](=O)[O-])o2)c1. The van der Waals surface area contributed by atoms with Gasteiger partial charge in [-0.3, -0.25) is 24.7 Å². The Hall–Kier alpha value is -3.67. The van der Waals surface area contributed by atoms with Gasteiger partial charge in [-0.2, -0.15) is 0 Å². The summed E-state index contributed by atoms with van der Waals surface area (Å²) in [4.78, 5) is 37.5. The quantitative estimate of drug-likeness (QED) is 0.300. The van der Waals surface area contributed by atoms with Crippen LogP contribution in [-0.4, -0.2) is 34.8 Å². The lowest BCUT2D eigenvalue weighted by Crippen LogP contribution is -2.26. The molecule has 0 aliphatic heterocycles. The number of terminal acetylenes is 1. The molecule has 0 atom stereocenters. The number of pyridine rings is 1. The Balaban J connectivity index is 1.60. The van der Waals surface area contributed by atoms with Crippen molar-refractivity contribution in [3.8, 4) is 12.3 Å². The molecule has 2 amide bonds. The number of rotatable bonds is 9. The fourth-order valence-corrected chi connectivity index (χ4v) is 2.20. The largest absolute Gasteiger partial charge is 0.433 e. The molecule has 0 aliphatic rings. The van der Waals surface area contributed by atoms with Crippen LogP contribution < -0.4 is 10.6 Å². The van der Waals surface area contributed by atoms with E-state index in [-0.39, 0.29) is 17.4 Å². The normalized spacial score (nSPS) is 10.0. The number of hydrogen-bond acceptors (Lipinski definition) is 6. The van der Waals surface area contributed by atoms with E-state index in [9.17, 15) is 19.7 Å². The van der Waals surface area contributed by atoms with Gasteiger partial charge in [-0.05, 0) is 37.5 Å². The van der Waals surface area contributed by atoms with Crippen LogP contribution in [0.5, 0.6) is 0 Å². The van der Waals surface area contributed by atoms with Crippen molar-refractivity contribution in [1.29, 1.82) is 0 Å². The van der Waals surface area contributed by atoms with Crippen LogP contribution in [0.15, 0.2) is 34.9 Å².